The molecule has 0 saturated carbocycles. The number of aryl methyl sites for hydroxylation is 1. The van der Waals surface area contributed by atoms with E-state index >= 15 is 0 Å². The van der Waals surface area contributed by atoms with Crippen LogP contribution < -0.4 is 9.47 Å². The van der Waals surface area contributed by atoms with E-state index in [9.17, 15) is 0 Å². The molecule has 0 saturated heterocycles. The van der Waals surface area contributed by atoms with Gasteiger partial charge in [-0.15, -0.1) is 11.3 Å². The fourth-order valence-corrected chi connectivity index (χ4v) is 2.87. The molecule has 0 bridgehead atoms. The number of hydrogen-bond donors (Lipinski definition) is 0. The first-order chi connectivity index (χ1) is 9.13. The third-order valence-electron chi connectivity index (χ3n) is 3.02. The standard InChI is InChI=1S/C16H18O2S/c1-11(15-10-16(18-4)19-12(15)2)9-13-5-7-14(17-3)8-6-13/h5-10H,1-4H3. The smallest absolute Gasteiger partial charge is 0.174 e. The number of ether oxygens (including phenoxy) is 2. The average Bonchev–Trinajstić information content (AvgIpc) is 2.81. The SMILES string of the molecule is COc1ccc(C=C(C)c2cc(OC)sc2C)cc1. The number of hydrogen-bond acceptors (Lipinski definition) is 3. The van der Waals surface area contributed by atoms with Crippen LogP contribution in [0, 0.1) is 6.92 Å². The highest BCUT2D eigenvalue weighted by Gasteiger charge is 2.07. The Balaban J connectivity index is 2.28. The molecule has 1 aromatic carbocycles. The van der Waals surface area contributed by atoms with Crippen LogP contribution in [0.4, 0.5) is 0 Å². The molecule has 100 valence electrons. The summed E-state index contributed by atoms with van der Waals surface area (Å²) in [5.41, 5.74) is 3.66. The molecule has 0 fully saturated rings. The Morgan fingerprint density at radius 2 is 1.79 bits per heavy atom. The van der Waals surface area contributed by atoms with Gasteiger partial charge in [0, 0.05) is 4.88 Å². The highest BCUT2D eigenvalue weighted by atomic mass is 32.1. The van der Waals surface area contributed by atoms with Crippen molar-refractivity contribution in [3.05, 3.63) is 46.3 Å². The summed E-state index contributed by atoms with van der Waals surface area (Å²) in [4.78, 5) is 1.28. The number of methoxy groups -OCH3 is 2. The summed E-state index contributed by atoms with van der Waals surface area (Å²) < 4.78 is 10.4. The fourth-order valence-electron chi connectivity index (χ4n) is 1.97. The Morgan fingerprint density at radius 1 is 1.11 bits per heavy atom. The van der Waals surface area contributed by atoms with Gasteiger partial charge in [0.2, 0.25) is 0 Å². The van der Waals surface area contributed by atoms with Gasteiger partial charge in [-0.3, -0.25) is 0 Å². The number of rotatable bonds is 4. The van der Waals surface area contributed by atoms with Crippen molar-refractivity contribution < 1.29 is 9.47 Å². The van der Waals surface area contributed by atoms with E-state index in [1.807, 2.05) is 12.1 Å². The summed E-state index contributed by atoms with van der Waals surface area (Å²) in [5, 5.41) is 0.954. The molecule has 0 aliphatic carbocycles. The molecule has 1 heterocycles. The Kier molecular flexibility index (Phi) is 4.27. The molecule has 0 N–H and O–H groups in total. The first-order valence-electron chi connectivity index (χ1n) is 6.11. The minimum atomic E-state index is 0.878. The van der Waals surface area contributed by atoms with Crippen LogP contribution in [0.5, 0.6) is 10.8 Å². The lowest BCUT2D eigenvalue weighted by atomic mass is 10.1. The normalized spacial score (nSPS) is 11.5. The zero-order chi connectivity index (χ0) is 13.8. The minimum absolute atomic E-state index is 0.878. The monoisotopic (exact) mass is 274 g/mol. The highest BCUT2D eigenvalue weighted by Crippen LogP contribution is 2.33. The Labute approximate surface area is 118 Å². The van der Waals surface area contributed by atoms with Crippen LogP contribution in [0.15, 0.2) is 30.3 Å². The zero-order valence-corrected chi connectivity index (χ0v) is 12.5. The van der Waals surface area contributed by atoms with Crippen molar-refractivity contribution in [2.45, 2.75) is 13.8 Å². The molecule has 2 rings (SSSR count). The first-order valence-corrected chi connectivity index (χ1v) is 6.93. The molecule has 0 atom stereocenters. The van der Waals surface area contributed by atoms with Crippen LogP contribution in [0.2, 0.25) is 0 Å². The van der Waals surface area contributed by atoms with E-state index in [1.165, 1.54) is 21.6 Å². The second-order valence-electron chi connectivity index (χ2n) is 4.34. The maximum absolute atomic E-state index is 5.28. The molecule has 0 aliphatic heterocycles. The molecule has 2 aromatic rings. The third kappa shape index (κ3) is 3.18. The predicted octanol–water partition coefficient (Wildman–Crippen LogP) is 4.63. The molecule has 0 unspecified atom stereocenters. The van der Waals surface area contributed by atoms with Gasteiger partial charge in [-0.05, 0) is 48.7 Å². The number of thiophene rings is 1. The minimum Gasteiger partial charge on any atom is -0.497 e. The predicted molar refractivity (Wildman–Crippen MR) is 82.1 cm³/mol. The van der Waals surface area contributed by atoms with Crippen molar-refractivity contribution in [1.82, 2.24) is 0 Å². The van der Waals surface area contributed by atoms with Crippen molar-refractivity contribution in [3.8, 4) is 10.8 Å². The van der Waals surface area contributed by atoms with Crippen molar-refractivity contribution in [3.63, 3.8) is 0 Å². The third-order valence-corrected chi connectivity index (χ3v) is 4.03. The Hall–Kier alpha value is -1.74. The molecule has 19 heavy (non-hydrogen) atoms. The van der Waals surface area contributed by atoms with Crippen LogP contribution in [-0.4, -0.2) is 14.2 Å². The maximum Gasteiger partial charge on any atom is 0.174 e. The zero-order valence-electron chi connectivity index (χ0n) is 11.7. The highest BCUT2D eigenvalue weighted by molar-refractivity contribution is 7.14. The maximum atomic E-state index is 5.28. The van der Waals surface area contributed by atoms with Gasteiger partial charge in [0.25, 0.3) is 0 Å². The van der Waals surface area contributed by atoms with Crippen molar-refractivity contribution >= 4 is 23.0 Å². The lowest BCUT2D eigenvalue weighted by Crippen LogP contribution is -1.83. The topological polar surface area (TPSA) is 18.5 Å². The largest absolute Gasteiger partial charge is 0.497 e. The van der Waals surface area contributed by atoms with Crippen LogP contribution in [-0.2, 0) is 0 Å². The summed E-state index contributed by atoms with van der Waals surface area (Å²) in [6, 6.07) is 10.2. The lowest BCUT2D eigenvalue weighted by molar-refractivity contribution is 0.415. The summed E-state index contributed by atoms with van der Waals surface area (Å²) in [7, 11) is 3.38. The summed E-state index contributed by atoms with van der Waals surface area (Å²) in [6.07, 6.45) is 2.17. The van der Waals surface area contributed by atoms with E-state index in [2.05, 4.69) is 38.1 Å². The van der Waals surface area contributed by atoms with E-state index in [-0.39, 0.29) is 0 Å². The summed E-state index contributed by atoms with van der Waals surface area (Å²) in [5.74, 6) is 0.878. The van der Waals surface area contributed by atoms with E-state index in [4.69, 9.17) is 9.47 Å². The van der Waals surface area contributed by atoms with Crippen LogP contribution in [0.1, 0.15) is 22.9 Å². The number of benzene rings is 1. The molecule has 3 heteroatoms. The van der Waals surface area contributed by atoms with Crippen molar-refractivity contribution in [2.24, 2.45) is 0 Å². The fraction of sp³-hybridized carbons (Fsp3) is 0.250. The van der Waals surface area contributed by atoms with Gasteiger partial charge in [0.15, 0.2) is 5.06 Å². The van der Waals surface area contributed by atoms with E-state index in [1.54, 1.807) is 25.6 Å². The van der Waals surface area contributed by atoms with E-state index in [0.29, 0.717) is 0 Å². The quantitative estimate of drug-likeness (QED) is 0.809. The molecule has 0 amide bonds. The number of allylic oxidation sites excluding steroid dienone is 1. The Morgan fingerprint density at radius 3 is 2.32 bits per heavy atom. The van der Waals surface area contributed by atoms with Gasteiger partial charge in [0.05, 0.1) is 14.2 Å². The van der Waals surface area contributed by atoms with Crippen molar-refractivity contribution in [1.29, 1.82) is 0 Å². The van der Waals surface area contributed by atoms with E-state index in [0.717, 1.165) is 10.8 Å². The molecule has 0 spiro atoms. The molecular weight excluding hydrogens is 256 g/mol. The molecule has 0 aliphatic rings. The van der Waals surface area contributed by atoms with Crippen molar-refractivity contribution in [2.75, 3.05) is 14.2 Å². The van der Waals surface area contributed by atoms with Gasteiger partial charge in [-0.2, -0.15) is 0 Å². The molecular formula is C16H18O2S. The molecule has 2 nitrogen and oxygen atoms in total. The summed E-state index contributed by atoms with van der Waals surface area (Å²) >= 11 is 1.68. The van der Waals surface area contributed by atoms with Crippen LogP contribution in [0.25, 0.3) is 11.6 Å². The van der Waals surface area contributed by atoms with E-state index < -0.39 is 0 Å². The van der Waals surface area contributed by atoms with Gasteiger partial charge in [-0.25, -0.2) is 0 Å². The lowest BCUT2D eigenvalue weighted by Gasteiger charge is -2.02. The van der Waals surface area contributed by atoms with Crippen LogP contribution >= 0.6 is 11.3 Å². The van der Waals surface area contributed by atoms with Gasteiger partial charge >= 0.3 is 0 Å². The summed E-state index contributed by atoms with van der Waals surface area (Å²) in [6.45, 7) is 4.24. The Bertz CT molecular complexity index is 579. The average molecular weight is 274 g/mol. The van der Waals surface area contributed by atoms with Gasteiger partial charge in [-0.1, -0.05) is 18.2 Å². The second kappa shape index (κ2) is 5.93. The first kappa shape index (κ1) is 13.7. The molecule has 1 aromatic heterocycles. The van der Waals surface area contributed by atoms with Gasteiger partial charge < -0.3 is 9.47 Å². The van der Waals surface area contributed by atoms with Crippen LogP contribution in [0.3, 0.4) is 0 Å². The second-order valence-corrected chi connectivity index (χ2v) is 5.56. The molecule has 0 radical (unpaired) electrons. The van der Waals surface area contributed by atoms with Gasteiger partial charge in [0.1, 0.15) is 5.75 Å².